The second-order valence-corrected chi connectivity index (χ2v) is 5.95. The van der Waals surface area contributed by atoms with Gasteiger partial charge in [-0.2, -0.15) is 0 Å². The lowest BCUT2D eigenvalue weighted by Crippen LogP contribution is -2.36. The molecule has 2 N–H and O–H groups in total. The quantitative estimate of drug-likeness (QED) is 0.835. The number of carbonyl (C=O) groups is 3. The van der Waals surface area contributed by atoms with Gasteiger partial charge in [-0.25, -0.2) is 0 Å². The predicted octanol–water partition coefficient (Wildman–Crippen LogP) is 1.64. The topological polar surface area (TPSA) is 86.7 Å². The molecule has 0 saturated heterocycles. The molecule has 0 aliphatic heterocycles. The average molecular weight is 296 g/mol. The van der Waals surface area contributed by atoms with Crippen LogP contribution in [-0.4, -0.2) is 40.9 Å². The lowest BCUT2D eigenvalue weighted by molar-refractivity contribution is -0.137. The zero-order valence-electron chi connectivity index (χ0n) is 11.1. The highest BCUT2D eigenvalue weighted by molar-refractivity contribution is 7.18. The molecule has 2 rings (SSSR count). The molecule has 1 aliphatic rings. The Morgan fingerprint density at radius 1 is 1.40 bits per heavy atom. The largest absolute Gasteiger partial charge is 0.480 e. The fraction of sp³-hybridized carbons (Fsp3) is 0.462. The molecule has 1 aliphatic carbocycles. The van der Waals surface area contributed by atoms with E-state index in [0.717, 1.165) is 24.2 Å². The minimum atomic E-state index is -1.02. The molecular formula is C13H16N2O4S. The third-order valence-electron chi connectivity index (χ3n) is 2.90. The summed E-state index contributed by atoms with van der Waals surface area (Å²) in [6.07, 6.45) is 2.09. The molecule has 1 fully saturated rings. The van der Waals surface area contributed by atoms with E-state index in [-0.39, 0.29) is 18.4 Å². The number of carbonyl (C=O) groups excluding carboxylic acids is 2. The summed E-state index contributed by atoms with van der Waals surface area (Å²) in [4.78, 5) is 35.9. The molecule has 1 aromatic heterocycles. The van der Waals surface area contributed by atoms with Gasteiger partial charge >= 0.3 is 5.97 Å². The van der Waals surface area contributed by atoms with Gasteiger partial charge in [0, 0.05) is 13.5 Å². The van der Waals surface area contributed by atoms with Gasteiger partial charge in [0.25, 0.3) is 5.91 Å². The van der Waals surface area contributed by atoms with Crippen LogP contribution in [0.3, 0.4) is 0 Å². The minimum Gasteiger partial charge on any atom is -0.480 e. The maximum atomic E-state index is 12.3. The SMILES string of the molecule is CC(=O)Nc1ccc(C(=O)N(CC(=O)O)CC2CC2)s1. The zero-order valence-corrected chi connectivity index (χ0v) is 11.9. The Morgan fingerprint density at radius 2 is 2.10 bits per heavy atom. The highest BCUT2D eigenvalue weighted by Gasteiger charge is 2.29. The van der Waals surface area contributed by atoms with Crippen molar-refractivity contribution in [1.29, 1.82) is 0 Å². The molecule has 6 nitrogen and oxygen atoms in total. The summed E-state index contributed by atoms with van der Waals surface area (Å²) in [6.45, 7) is 1.59. The second kappa shape index (κ2) is 6.04. The van der Waals surface area contributed by atoms with E-state index in [0.29, 0.717) is 22.3 Å². The third-order valence-corrected chi connectivity index (χ3v) is 3.89. The number of carboxylic acid groups (broad SMARTS) is 1. The van der Waals surface area contributed by atoms with Gasteiger partial charge in [0.15, 0.2) is 0 Å². The van der Waals surface area contributed by atoms with Gasteiger partial charge in [-0.1, -0.05) is 0 Å². The number of thiophene rings is 1. The van der Waals surface area contributed by atoms with Crippen LogP contribution in [-0.2, 0) is 9.59 Å². The van der Waals surface area contributed by atoms with E-state index in [1.807, 2.05) is 0 Å². The molecule has 0 atom stereocenters. The summed E-state index contributed by atoms with van der Waals surface area (Å²) in [5.41, 5.74) is 0. The summed E-state index contributed by atoms with van der Waals surface area (Å²) < 4.78 is 0. The first-order chi connectivity index (χ1) is 9.45. The maximum Gasteiger partial charge on any atom is 0.323 e. The number of rotatable bonds is 6. The molecule has 7 heteroatoms. The molecule has 1 saturated carbocycles. The van der Waals surface area contributed by atoms with E-state index in [9.17, 15) is 14.4 Å². The van der Waals surface area contributed by atoms with Crippen LogP contribution in [0.4, 0.5) is 5.00 Å². The molecule has 20 heavy (non-hydrogen) atoms. The van der Waals surface area contributed by atoms with Crippen LogP contribution in [0.2, 0.25) is 0 Å². The third kappa shape index (κ3) is 4.06. The van der Waals surface area contributed by atoms with Crippen LogP contribution in [0.1, 0.15) is 29.4 Å². The summed E-state index contributed by atoms with van der Waals surface area (Å²) in [5, 5.41) is 12.1. The fourth-order valence-electron chi connectivity index (χ4n) is 1.84. The van der Waals surface area contributed by atoms with E-state index in [1.165, 1.54) is 11.8 Å². The lowest BCUT2D eigenvalue weighted by atomic mass is 10.3. The van der Waals surface area contributed by atoms with E-state index in [1.54, 1.807) is 12.1 Å². The first kappa shape index (κ1) is 14.5. The highest BCUT2D eigenvalue weighted by atomic mass is 32.1. The van der Waals surface area contributed by atoms with Gasteiger partial charge in [-0.15, -0.1) is 11.3 Å². The van der Waals surface area contributed by atoms with Crippen LogP contribution < -0.4 is 5.32 Å². The van der Waals surface area contributed by atoms with E-state index >= 15 is 0 Å². The van der Waals surface area contributed by atoms with Gasteiger partial charge in [0.2, 0.25) is 5.91 Å². The van der Waals surface area contributed by atoms with Gasteiger partial charge < -0.3 is 15.3 Å². The van der Waals surface area contributed by atoms with Crippen LogP contribution in [0.25, 0.3) is 0 Å². The molecule has 2 amide bonds. The molecule has 1 heterocycles. The molecule has 0 bridgehead atoms. The van der Waals surface area contributed by atoms with Crippen LogP contribution in [0, 0.1) is 5.92 Å². The van der Waals surface area contributed by atoms with Crippen molar-refractivity contribution in [3.05, 3.63) is 17.0 Å². The lowest BCUT2D eigenvalue weighted by Gasteiger charge is -2.19. The summed E-state index contributed by atoms with van der Waals surface area (Å²) in [7, 11) is 0. The second-order valence-electron chi connectivity index (χ2n) is 4.87. The monoisotopic (exact) mass is 296 g/mol. The fourth-order valence-corrected chi connectivity index (χ4v) is 2.76. The Bertz CT molecular complexity index is 536. The normalized spacial score (nSPS) is 13.8. The smallest absolute Gasteiger partial charge is 0.323 e. The number of hydrogen-bond acceptors (Lipinski definition) is 4. The number of hydrogen-bond donors (Lipinski definition) is 2. The first-order valence-electron chi connectivity index (χ1n) is 6.34. The number of nitrogens with one attached hydrogen (secondary N) is 1. The van der Waals surface area contributed by atoms with Crippen molar-refractivity contribution in [1.82, 2.24) is 4.90 Å². The number of carboxylic acids is 1. The van der Waals surface area contributed by atoms with Crippen molar-refractivity contribution in [3.8, 4) is 0 Å². The van der Waals surface area contributed by atoms with Crippen molar-refractivity contribution in [2.45, 2.75) is 19.8 Å². The molecule has 0 radical (unpaired) electrons. The number of anilines is 1. The van der Waals surface area contributed by atoms with Crippen LogP contribution in [0.15, 0.2) is 12.1 Å². The standard InChI is InChI=1S/C13H16N2O4S/c1-8(16)14-11-5-4-10(20-11)13(19)15(7-12(17)18)6-9-2-3-9/h4-5,9H,2-3,6-7H2,1H3,(H,14,16)(H,17,18). The van der Waals surface area contributed by atoms with E-state index in [2.05, 4.69) is 5.32 Å². The Kier molecular flexibility index (Phi) is 4.39. The zero-order chi connectivity index (χ0) is 14.7. The van der Waals surface area contributed by atoms with Crippen LogP contribution in [0.5, 0.6) is 0 Å². The molecule has 0 aromatic carbocycles. The Labute approximate surface area is 120 Å². The van der Waals surface area contributed by atoms with Crippen LogP contribution >= 0.6 is 11.3 Å². The molecular weight excluding hydrogens is 280 g/mol. The van der Waals surface area contributed by atoms with E-state index < -0.39 is 5.97 Å². The van der Waals surface area contributed by atoms with Crippen molar-refractivity contribution >= 4 is 34.1 Å². The Balaban J connectivity index is 2.06. The summed E-state index contributed by atoms with van der Waals surface area (Å²) in [6, 6.07) is 3.26. The highest BCUT2D eigenvalue weighted by Crippen LogP contribution is 2.31. The predicted molar refractivity (Wildman–Crippen MR) is 74.9 cm³/mol. The first-order valence-corrected chi connectivity index (χ1v) is 7.16. The molecule has 1 aromatic rings. The van der Waals surface area contributed by atoms with Gasteiger partial charge in [-0.05, 0) is 30.9 Å². The molecule has 0 spiro atoms. The van der Waals surface area contributed by atoms with Gasteiger partial charge in [0.1, 0.15) is 6.54 Å². The Hall–Kier alpha value is -1.89. The van der Waals surface area contributed by atoms with Gasteiger partial charge in [0.05, 0.1) is 9.88 Å². The minimum absolute atomic E-state index is 0.203. The number of nitrogens with zero attached hydrogens (tertiary/aromatic N) is 1. The number of aliphatic carboxylic acids is 1. The Morgan fingerprint density at radius 3 is 2.65 bits per heavy atom. The van der Waals surface area contributed by atoms with Gasteiger partial charge in [-0.3, -0.25) is 14.4 Å². The summed E-state index contributed by atoms with van der Waals surface area (Å²) in [5.74, 6) is -1.09. The van der Waals surface area contributed by atoms with Crippen molar-refractivity contribution in [2.24, 2.45) is 5.92 Å². The molecule has 108 valence electrons. The maximum absolute atomic E-state index is 12.3. The van der Waals surface area contributed by atoms with Crippen molar-refractivity contribution in [3.63, 3.8) is 0 Å². The van der Waals surface area contributed by atoms with Crippen molar-refractivity contribution in [2.75, 3.05) is 18.4 Å². The number of amides is 2. The summed E-state index contributed by atoms with van der Waals surface area (Å²) >= 11 is 1.16. The molecule has 0 unspecified atom stereocenters. The van der Waals surface area contributed by atoms with E-state index in [4.69, 9.17) is 5.11 Å². The average Bonchev–Trinajstić information content (AvgIpc) is 3.04. The van der Waals surface area contributed by atoms with Crippen molar-refractivity contribution < 1.29 is 19.5 Å².